The van der Waals surface area contributed by atoms with Gasteiger partial charge in [0.15, 0.2) is 0 Å². The van der Waals surface area contributed by atoms with Crippen LogP contribution in [-0.2, 0) is 13.1 Å². The number of hydrogen-bond donors (Lipinski definition) is 1. The largest absolute Gasteiger partial charge is 0.302 e. The van der Waals surface area contributed by atoms with E-state index < -0.39 is 0 Å². The summed E-state index contributed by atoms with van der Waals surface area (Å²) < 4.78 is 2.03. The molecule has 1 unspecified atom stereocenters. The standard InChI is InChI=1S/C14H17N3/c1-2-7-17-10-12(9-16-17)14-13-6-4-3-5-11(13)8-15-14/h3-6,9-10,14-15H,2,7-8H2,1H3. The maximum atomic E-state index is 4.40. The summed E-state index contributed by atoms with van der Waals surface area (Å²) >= 11 is 0. The molecule has 2 heterocycles. The molecule has 2 aromatic rings. The molecule has 0 bridgehead atoms. The topological polar surface area (TPSA) is 29.9 Å². The van der Waals surface area contributed by atoms with E-state index in [1.807, 2.05) is 10.9 Å². The number of fused-ring (bicyclic) bond motifs is 1. The maximum Gasteiger partial charge on any atom is 0.0613 e. The van der Waals surface area contributed by atoms with Crippen LogP contribution in [0.25, 0.3) is 0 Å². The van der Waals surface area contributed by atoms with E-state index in [-0.39, 0.29) is 0 Å². The van der Waals surface area contributed by atoms with Gasteiger partial charge in [-0.25, -0.2) is 0 Å². The van der Waals surface area contributed by atoms with Gasteiger partial charge < -0.3 is 5.32 Å². The third-order valence-corrected chi connectivity index (χ3v) is 3.30. The molecule has 1 aliphatic rings. The van der Waals surface area contributed by atoms with Crippen molar-refractivity contribution >= 4 is 0 Å². The summed E-state index contributed by atoms with van der Waals surface area (Å²) in [7, 11) is 0. The molecular weight excluding hydrogens is 210 g/mol. The van der Waals surface area contributed by atoms with Gasteiger partial charge in [-0.2, -0.15) is 5.10 Å². The fourth-order valence-electron chi connectivity index (χ4n) is 2.48. The Bertz CT molecular complexity index is 516. The highest BCUT2D eigenvalue weighted by atomic mass is 15.3. The van der Waals surface area contributed by atoms with Crippen LogP contribution >= 0.6 is 0 Å². The molecule has 1 N–H and O–H groups in total. The van der Waals surface area contributed by atoms with Gasteiger partial charge in [0.25, 0.3) is 0 Å². The lowest BCUT2D eigenvalue weighted by molar-refractivity contribution is 0.600. The molecule has 1 aromatic heterocycles. The Hall–Kier alpha value is -1.61. The highest BCUT2D eigenvalue weighted by Crippen LogP contribution is 2.30. The van der Waals surface area contributed by atoms with Crippen molar-refractivity contribution in [1.82, 2.24) is 15.1 Å². The Balaban J connectivity index is 1.90. The molecule has 17 heavy (non-hydrogen) atoms. The van der Waals surface area contributed by atoms with E-state index in [0.717, 1.165) is 19.5 Å². The van der Waals surface area contributed by atoms with E-state index in [9.17, 15) is 0 Å². The Labute approximate surface area is 101 Å². The summed E-state index contributed by atoms with van der Waals surface area (Å²) in [4.78, 5) is 0. The van der Waals surface area contributed by atoms with Crippen LogP contribution in [0.15, 0.2) is 36.7 Å². The lowest BCUT2D eigenvalue weighted by atomic mass is 10.0. The summed E-state index contributed by atoms with van der Waals surface area (Å²) in [5.74, 6) is 0. The van der Waals surface area contributed by atoms with Crippen molar-refractivity contribution in [3.8, 4) is 0 Å². The molecule has 3 nitrogen and oxygen atoms in total. The van der Waals surface area contributed by atoms with E-state index in [4.69, 9.17) is 0 Å². The molecule has 0 spiro atoms. The summed E-state index contributed by atoms with van der Waals surface area (Å²) in [5.41, 5.74) is 4.06. The Kier molecular flexibility index (Phi) is 2.69. The zero-order valence-electron chi connectivity index (χ0n) is 10.1. The normalized spacial score (nSPS) is 18.3. The minimum atomic E-state index is 0.316. The van der Waals surface area contributed by atoms with E-state index >= 15 is 0 Å². The molecule has 0 saturated heterocycles. The molecule has 3 rings (SSSR count). The number of hydrogen-bond acceptors (Lipinski definition) is 2. The second-order valence-corrected chi connectivity index (χ2v) is 4.55. The maximum absolute atomic E-state index is 4.40. The first kappa shape index (κ1) is 10.5. The first-order chi connectivity index (χ1) is 8.38. The fraction of sp³-hybridized carbons (Fsp3) is 0.357. The highest BCUT2D eigenvalue weighted by molar-refractivity contribution is 5.39. The van der Waals surface area contributed by atoms with Gasteiger partial charge in [0.05, 0.1) is 12.2 Å². The Morgan fingerprint density at radius 3 is 3.18 bits per heavy atom. The van der Waals surface area contributed by atoms with Crippen LogP contribution in [0.5, 0.6) is 0 Å². The van der Waals surface area contributed by atoms with Crippen molar-refractivity contribution in [3.05, 3.63) is 53.3 Å². The van der Waals surface area contributed by atoms with E-state index in [0.29, 0.717) is 6.04 Å². The molecule has 3 heteroatoms. The van der Waals surface area contributed by atoms with Crippen molar-refractivity contribution in [2.75, 3.05) is 0 Å². The highest BCUT2D eigenvalue weighted by Gasteiger charge is 2.23. The van der Waals surface area contributed by atoms with Crippen molar-refractivity contribution in [2.45, 2.75) is 32.5 Å². The van der Waals surface area contributed by atoms with Crippen LogP contribution in [0, 0.1) is 0 Å². The molecule has 0 fully saturated rings. The molecule has 0 saturated carbocycles. The molecule has 1 atom stereocenters. The number of aryl methyl sites for hydroxylation is 1. The van der Waals surface area contributed by atoms with Gasteiger partial charge in [-0.15, -0.1) is 0 Å². The van der Waals surface area contributed by atoms with Gasteiger partial charge in [0, 0.05) is 24.8 Å². The molecule has 0 radical (unpaired) electrons. The summed E-state index contributed by atoms with van der Waals surface area (Å²) in [6, 6.07) is 8.92. The lowest BCUT2D eigenvalue weighted by Gasteiger charge is -2.09. The second-order valence-electron chi connectivity index (χ2n) is 4.55. The van der Waals surface area contributed by atoms with Gasteiger partial charge in [-0.05, 0) is 17.5 Å². The van der Waals surface area contributed by atoms with Gasteiger partial charge in [0.2, 0.25) is 0 Å². The number of rotatable bonds is 3. The average Bonchev–Trinajstić information content (AvgIpc) is 2.95. The molecular formula is C14H17N3. The zero-order valence-corrected chi connectivity index (χ0v) is 10.1. The predicted molar refractivity (Wildman–Crippen MR) is 67.6 cm³/mol. The van der Waals surface area contributed by atoms with Crippen LogP contribution in [-0.4, -0.2) is 9.78 Å². The number of benzene rings is 1. The minimum absolute atomic E-state index is 0.316. The van der Waals surface area contributed by atoms with E-state index in [1.165, 1.54) is 16.7 Å². The Morgan fingerprint density at radius 2 is 2.29 bits per heavy atom. The van der Waals surface area contributed by atoms with Crippen molar-refractivity contribution in [3.63, 3.8) is 0 Å². The number of nitrogens with one attached hydrogen (secondary N) is 1. The fourth-order valence-corrected chi connectivity index (χ4v) is 2.48. The van der Waals surface area contributed by atoms with E-state index in [2.05, 4.69) is 47.8 Å². The quantitative estimate of drug-likeness (QED) is 0.873. The van der Waals surface area contributed by atoms with Crippen LogP contribution in [0.1, 0.15) is 36.1 Å². The molecule has 0 amide bonds. The number of aromatic nitrogens is 2. The first-order valence-corrected chi connectivity index (χ1v) is 6.22. The lowest BCUT2D eigenvalue weighted by Crippen LogP contribution is -2.12. The molecule has 88 valence electrons. The van der Waals surface area contributed by atoms with Crippen LogP contribution in [0.2, 0.25) is 0 Å². The summed E-state index contributed by atoms with van der Waals surface area (Å²) in [5, 5.41) is 7.94. The Morgan fingerprint density at radius 1 is 1.41 bits per heavy atom. The zero-order chi connectivity index (χ0) is 11.7. The van der Waals surface area contributed by atoms with Gasteiger partial charge >= 0.3 is 0 Å². The van der Waals surface area contributed by atoms with Crippen LogP contribution in [0.3, 0.4) is 0 Å². The first-order valence-electron chi connectivity index (χ1n) is 6.22. The third-order valence-electron chi connectivity index (χ3n) is 3.30. The third kappa shape index (κ3) is 1.87. The summed E-state index contributed by atoms with van der Waals surface area (Å²) in [6.45, 7) is 4.12. The van der Waals surface area contributed by atoms with Crippen molar-refractivity contribution < 1.29 is 0 Å². The average molecular weight is 227 g/mol. The molecule has 0 aliphatic carbocycles. The monoisotopic (exact) mass is 227 g/mol. The summed E-state index contributed by atoms with van der Waals surface area (Å²) in [6.07, 6.45) is 5.26. The van der Waals surface area contributed by atoms with Gasteiger partial charge in [0.1, 0.15) is 0 Å². The second kappa shape index (κ2) is 4.34. The van der Waals surface area contributed by atoms with Crippen LogP contribution < -0.4 is 5.32 Å². The van der Waals surface area contributed by atoms with Crippen molar-refractivity contribution in [1.29, 1.82) is 0 Å². The van der Waals surface area contributed by atoms with Crippen molar-refractivity contribution in [2.24, 2.45) is 0 Å². The predicted octanol–water partition coefficient (Wildman–Crippen LogP) is 2.49. The smallest absolute Gasteiger partial charge is 0.0613 e. The minimum Gasteiger partial charge on any atom is -0.302 e. The SMILES string of the molecule is CCCn1cc(C2NCc3ccccc32)cn1. The molecule has 1 aromatic carbocycles. The number of nitrogens with zero attached hydrogens (tertiary/aromatic N) is 2. The van der Waals surface area contributed by atoms with Gasteiger partial charge in [-0.1, -0.05) is 31.2 Å². The molecule has 1 aliphatic heterocycles. The van der Waals surface area contributed by atoms with E-state index in [1.54, 1.807) is 0 Å². The van der Waals surface area contributed by atoms with Crippen LogP contribution in [0.4, 0.5) is 0 Å². The van der Waals surface area contributed by atoms with Gasteiger partial charge in [-0.3, -0.25) is 4.68 Å².